The zero-order valence-electron chi connectivity index (χ0n) is 16.3. The van der Waals surface area contributed by atoms with E-state index in [1.54, 1.807) is 0 Å². The van der Waals surface area contributed by atoms with Crippen molar-refractivity contribution >= 4 is 11.7 Å². The molecule has 0 unspecified atom stereocenters. The van der Waals surface area contributed by atoms with Gasteiger partial charge in [-0.1, -0.05) is 18.6 Å². The Morgan fingerprint density at radius 2 is 1.93 bits per heavy atom. The summed E-state index contributed by atoms with van der Waals surface area (Å²) < 4.78 is 0. The van der Waals surface area contributed by atoms with Gasteiger partial charge in [0.05, 0.1) is 0 Å². The summed E-state index contributed by atoms with van der Waals surface area (Å²) in [7, 11) is 0. The number of amides is 2. The zero-order valence-corrected chi connectivity index (χ0v) is 16.3. The molecule has 2 saturated heterocycles. The second-order valence-electron chi connectivity index (χ2n) is 7.91. The minimum atomic E-state index is -0.152. The van der Waals surface area contributed by atoms with Gasteiger partial charge in [-0.2, -0.15) is 0 Å². The molecule has 6 heteroatoms. The Bertz CT molecular complexity index is 589. The molecule has 0 aliphatic carbocycles. The van der Waals surface area contributed by atoms with Gasteiger partial charge in [0.15, 0.2) is 0 Å². The zero-order chi connectivity index (χ0) is 18.9. The first-order valence-electron chi connectivity index (χ1n) is 10.4. The number of anilines is 1. The highest BCUT2D eigenvalue weighted by Crippen LogP contribution is 2.17. The van der Waals surface area contributed by atoms with Gasteiger partial charge in [0.2, 0.25) is 0 Å². The summed E-state index contributed by atoms with van der Waals surface area (Å²) >= 11 is 0. The molecule has 1 aromatic carbocycles. The molecule has 27 heavy (non-hydrogen) atoms. The number of nitrogens with zero attached hydrogens (tertiary/aromatic N) is 2. The molecule has 0 bridgehead atoms. The largest absolute Gasteiger partial charge is 0.396 e. The highest BCUT2D eigenvalue weighted by molar-refractivity contribution is 5.89. The Balaban J connectivity index is 1.39. The van der Waals surface area contributed by atoms with E-state index in [1.807, 2.05) is 12.1 Å². The van der Waals surface area contributed by atoms with Crippen LogP contribution < -0.4 is 10.6 Å². The molecule has 0 aromatic heterocycles. The van der Waals surface area contributed by atoms with E-state index in [2.05, 4.69) is 32.6 Å². The Morgan fingerprint density at radius 3 is 2.74 bits per heavy atom. The Labute approximate surface area is 162 Å². The average Bonchev–Trinajstić information content (AvgIpc) is 2.69. The van der Waals surface area contributed by atoms with Gasteiger partial charge in [0, 0.05) is 38.5 Å². The molecule has 2 aliphatic rings. The van der Waals surface area contributed by atoms with Gasteiger partial charge in [-0.3, -0.25) is 4.90 Å². The minimum Gasteiger partial charge on any atom is -0.396 e. The number of rotatable bonds is 7. The van der Waals surface area contributed by atoms with Gasteiger partial charge in [-0.25, -0.2) is 4.79 Å². The van der Waals surface area contributed by atoms with Crippen molar-refractivity contribution in [2.75, 3.05) is 51.2 Å². The Morgan fingerprint density at radius 1 is 1.11 bits per heavy atom. The lowest BCUT2D eigenvalue weighted by Crippen LogP contribution is -2.42. The molecule has 0 radical (unpaired) electrons. The van der Waals surface area contributed by atoms with Crippen molar-refractivity contribution in [3.8, 4) is 0 Å². The fraction of sp³-hybridized carbons (Fsp3) is 0.667. The van der Waals surface area contributed by atoms with E-state index in [1.165, 1.54) is 37.9 Å². The van der Waals surface area contributed by atoms with Crippen LogP contribution in [0.15, 0.2) is 24.3 Å². The normalized spacial score (nSPS) is 21.7. The summed E-state index contributed by atoms with van der Waals surface area (Å²) in [5.74, 6) is 0.384. The van der Waals surface area contributed by atoms with E-state index in [-0.39, 0.29) is 12.6 Å². The highest BCUT2D eigenvalue weighted by atomic mass is 16.3. The fourth-order valence-corrected chi connectivity index (χ4v) is 4.13. The third kappa shape index (κ3) is 6.79. The van der Waals surface area contributed by atoms with E-state index < -0.39 is 0 Å². The van der Waals surface area contributed by atoms with Crippen LogP contribution in [-0.2, 0) is 6.54 Å². The third-order valence-electron chi connectivity index (χ3n) is 5.61. The maximum Gasteiger partial charge on any atom is 0.319 e. The lowest BCUT2D eigenvalue weighted by atomic mass is 9.99. The SMILES string of the molecule is O=C(NCCN1CCC[C@@H](CO)C1)Nc1cccc(CN2CCCCC2)c1. The molecule has 3 N–H and O–H groups in total. The lowest BCUT2D eigenvalue weighted by Gasteiger charge is -2.31. The summed E-state index contributed by atoms with van der Waals surface area (Å²) in [6.45, 7) is 7.00. The van der Waals surface area contributed by atoms with Crippen LogP contribution in [0.25, 0.3) is 0 Å². The second-order valence-corrected chi connectivity index (χ2v) is 7.91. The van der Waals surface area contributed by atoms with Crippen LogP contribution in [0.3, 0.4) is 0 Å². The number of carbonyl (C=O) groups excluding carboxylic acids is 1. The van der Waals surface area contributed by atoms with Gasteiger partial charge in [-0.15, -0.1) is 0 Å². The molecule has 0 spiro atoms. The smallest absolute Gasteiger partial charge is 0.319 e. The molecule has 2 amide bonds. The number of aliphatic hydroxyl groups is 1. The number of carbonyl (C=O) groups is 1. The third-order valence-corrected chi connectivity index (χ3v) is 5.61. The molecular weight excluding hydrogens is 340 g/mol. The van der Waals surface area contributed by atoms with Crippen molar-refractivity contribution in [2.45, 2.75) is 38.6 Å². The molecular formula is C21H34N4O2. The fourth-order valence-electron chi connectivity index (χ4n) is 4.13. The average molecular weight is 375 g/mol. The topological polar surface area (TPSA) is 67.8 Å². The molecule has 1 aromatic rings. The van der Waals surface area contributed by atoms with Crippen molar-refractivity contribution < 1.29 is 9.90 Å². The van der Waals surface area contributed by atoms with Crippen LogP contribution in [0, 0.1) is 5.92 Å². The maximum atomic E-state index is 12.2. The van der Waals surface area contributed by atoms with Crippen LogP contribution >= 0.6 is 0 Å². The molecule has 3 rings (SSSR count). The number of nitrogens with one attached hydrogen (secondary N) is 2. The van der Waals surface area contributed by atoms with E-state index >= 15 is 0 Å². The standard InChI is InChI=1S/C21H34N4O2/c26-17-19-7-5-12-25(16-19)13-9-22-21(27)23-20-8-4-6-18(14-20)15-24-10-2-1-3-11-24/h4,6,8,14,19,26H,1-3,5,7,9-13,15-17H2,(H2,22,23,27)/t19-/m1/s1. The maximum absolute atomic E-state index is 12.2. The molecule has 2 fully saturated rings. The predicted octanol–water partition coefficient (Wildman–Crippen LogP) is 2.50. The van der Waals surface area contributed by atoms with E-state index in [9.17, 15) is 9.90 Å². The Hall–Kier alpha value is -1.63. The molecule has 150 valence electrons. The summed E-state index contributed by atoms with van der Waals surface area (Å²) in [4.78, 5) is 17.0. The molecule has 2 aliphatic heterocycles. The summed E-state index contributed by atoms with van der Waals surface area (Å²) in [6.07, 6.45) is 6.15. The van der Waals surface area contributed by atoms with Crippen LogP contribution in [0.5, 0.6) is 0 Å². The van der Waals surface area contributed by atoms with Gasteiger partial charge in [-0.05, 0) is 68.9 Å². The quantitative estimate of drug-likeness (QED) is 0.686. The number of hydrogen-bond donors (Lipinski definition) is 3. The predicted molar refractivity (Wildman–Crippen MR) is 109 cm³/mol. The molecule has 2 heterocycles. The van der Waals surface area contributed by atoms with Gasteiger partial charge < -0.3 is 20.6 Å². The molecule has 1 atom stereocenters. The van der Waals surface area contributed by atoms with E-state index in [0.29, 0.717) is 12.5 Å². The van der Waals surface area contributed by atoms with Gasteiger partial charge >= 0.3 is 6.03 Å². The van der Waals surface area contributed by atoms with Crippen molar-refractivity contribution in [3.63, 3.8) is 0 Å². The molecule has 0 saturated carbocycles. The lowest BCUT2D eigenvalue weighted by molar-refractivity contribution is 0.121. The van der Waals surface area contributed by atoms with Crippen LogP contribution in [0.2, 0.25) is 0 Å². The van der Waals surface area contributed by atoms with Crippen LogP contribution in [-0.4, -0.2) is 66.8 Å². The van der Waals surface area contributed by atoms with Crippen molar-refractivity contribution in [2.24, 2.45) is 5.92 Å². The van der Waals surface area contributed by atoms with Gasteiger partial charge in [0.1, 0.15) is 0 Å². The minimum absolute atomic E-state index is 0.152. The van der Waals surface area contributed by atoms with Crippen LogP contribution in [0.4, 0.5) is 10.5 Å². The van der Waals surface area contributed by atoms with E-state index in [4.69, 9.17) is 0 Å². The summed E-state index contributed by atoms with van der Waals surface area (Å²) in [5.41, 5.74) is 2.10. The number of benzene rings is 1. The number of piperidine rings is 2. The monoisotopic (exact) mass is 374 g/mol. The highest BCUT2D eigenvalue weighted by Gasteiger charge is 2.18. The van der Waals surface area contributed by atoms with Crippen molar-refractivity contribution in [1.82, 2.24) is 15.1 Å². The number of urea groups is 1. The van der Waals surface area contributed by atoms with Crippen molar-refractivity contribution in [1.29, 1.82) is 0 Å². The summed E-state index contributed by atoms with van der Waals surface area (Å²) in [6, 6.07) is 8.00. The van der Waals surface area contributed by atoms with Crippen molar-refractivity contribution in [3.05, 3.63) is 29.8 Å². The van der Waals surface area contributed by atoms with E-state index in [0.717, 1.165) is 44.7 Å². The van der Waals surface area contributed by atoms with Crippen LogP contribution in [0.1, 0.15) is 37.7 Å². The van der Waals surface area contributed by atoms with Gasteiger partial charge in [0.25, 0.3) is 0 Å². The first-order chi connectivity index (χ1) is 13.2. The Kier molecular flexibility index (Phi) is 7.93. The number of aliphatic hydroxyl groups excluding tert-OH is 1. The first-order valence-corrected chi connectivity index (χ1v) is 10.4. The first kappa shape index (κ1) is 20.1. The second kappa shape index (κ2) is 10.6. The summed E-state index contributed by atoms with van der Waals surface area (Å²) in [5, 5.41) is 15.2. The molecule has 6 nitrogen and oxygen atoms in total. The number of hydrogen-bond acceptors (Lipinski definition) is 4. The number of likely N-dealkylation sites (tertiary alicyclic amines) is 2.